The number of rotatable bonds is 6. The van der Waals surface area contributed by atoms with Gasteiger partial charge in [-0.3, -0.25) is 9.89 Å². The molecule has 1 aromatic heterocycles. The first-order valence-corrected chi connectivity index (χ1v) is 6.02. The van der Waals surface area contributed by atoms with Gasteiger partial charge in [-0.15, -0.1) is 0 Å². The molecule has 2 rings (SSSR count). The summed E-state index contributed by atoms with van der Waals surface area (Å²) >= 11 is 5.17. The number of carbonyl (C=O) groups is 1. The Kier molecular flexibility index (Phi) is 3.38. The SMILES string of the molecule is NC(=O)CCCCn1c(C2CC2)n[nH]c1=S. The van der Waals surface area contributed by atoms with Gasteiger partial charge in [0.2, 0.25) is 5.91 Å². The van der Waals surface area contributed by atoms with E-state index in [1.807, 2.05) is 4.57 Å². The van der Waals surface area contributed by atoms with E-state index in [2.05, 4.69) is 10.2 Å². The first-order valence-electron chi connectivity index (χ1n) is 5.62. The Morgan fingerprint density at radius 3 is 2.94 bits per heavy atom. The van der Waals surface area contributed by atoms with E-state index in [0.29, 0.717) is 17.1 Å². The molecule has 6 heteroatoms. The van der Waals surface area contributed by atoms with Crippen LogP contribution < -0.4 is 5.73 Å². The lowest BCUT2D eigenvalue weighted by Crippen LogP contribution is -2.10. The maximum atomic E-state index is 10.6. The summed E-state index contributed by atoms with van der Waals surface area (Å²) in [6.07, 6.45) is 4.59. The molecule has 3 N–H and O–H groups in total. The summed E-state index contributed by atoms with van der Waals surface area (Å²) in [5.74, 6) is 1.42. The first kappa shape index (κ1) is 11.3. The third kappa shape index (κ3) is 2.69. The molecule has 0 aromatic carbocycles. The molecule has 1 heterocycles. The fourth-order valence-electron chi connectivity index (χ4n) is 1.77. The van der Waals surface area contributed by atoms with Crippen LogP contribution in [0.2, 0.25) is 0 Å². The Morgan fingerprint density at radius 2 is 2.31 bits per heavy atom. The van der Waals surface area contributed by atoms with Crippen LogP contribution in [-0.2, 0) is 11.3 Å². The average Bonchev–Trinajstić information content (AvgIpc) is 3.00. The zero-order valence-corrected chi connectivity index (χ0v) is 9.92. The van der Waals surface area contributed by atoms with Gasteiger partial charge in [0.15, 0.2) is 4.77 Å². The van der Waals surface area contributed by atoms with Crippen molar-refractivity contribution < 1.29 is 4.79 Å². The quantitative estimate of drug-likeness (QED) is 0.584. The predicted octanol–water partition coefficient (Wildman–Crippen LogP) is 1.47. The summed E-state index contributed by atoms with van der Waals surface area (Å²) in [5.41, 5.74) is 5.09. The lowest BCUT2D eigenvalue weighted by Gasteiger charge is -2.04. The third-order valence-corrected chi connectivity index (χ3v) is 3.10. The molecule has 0 unspecified atom stereocenters. The van der Waals surface area contributed by atoms with E-state index in [9.17, 15) is 4.79 Å². The molecular formula is C10H16N4OS. The van der Waals surface area contributed by atoms with Crippen LogP contribution in [0.4, 0.5) is 0 Å². The van der Waals surface area contributed by atoms with E-state index in [0.717, 1.165) is 25.2 Å². The smallest absolute Gasteiger partial charge is 0.217 e. The minimum Gasteiger partial charge on any atom is -0.370 e. The number of nitrogens with one attached hydrogen (secondary N) is 1. The summed E-state index contributed by atoms with van der Waals surface area (Å²) in [6, 6.07) is 0. The minimum absolute atomic E-state index is 0.238. The second kappa shape index (κ2) is 4.78. The molecule has 1 aromatic rings. The Hall–Kier alpha value is -1.17. The van der Waals surface area contributed by atoms with Crippen molar-refractivity contribution in [2.45, 2.75) is 44.6 Å². The second-order valence-electron chi connectivity index (χ2n) is 4.24. The van der Waals surface area contributed by atoms with Crippen molar-refractivity contribution in [2.75, 3.05) is 0 Å². The molecule has 0 aliphatic heterocycles. The van der Waals surface area contributed by atoms with Gasteiger partial charge in [0, 0.05) is 18.9 Å². The number of aromatic amines is 1. The topological polar surface area (TPSA) is 76.7 Å². The number of carbonyl (C=O) groups excluding carboxylic acids is 1. The van der Waals surface area contributed by atoms with Crippen LogP contribution in [0.1, 0.15) is 43.8 Å². The molecule has 0 saturated heterocycles. The van der Waals surface area contributed by atoms with Gasteiger partial charge in [0.25, 0.3) is 0 Å². The van der Waals surface area contributed by atoms with Gasteiger partial charge in [-0.25, -0.2) is 0 Å². The van der Waals surface area contributed by atoms with Crippen molar-refractivity contribution >= 4 is 18.1 Å². The summed E-state index contributed by atoms with van der Waals surface area (Å²) in [5, 5.41) is 7.08. The number of nitrogens with zero attached hydrogens (tertiary/aromatic N) is 2. The summed E-state index contributed by atoms with van der Waals surface area (Å²) < 4.78 is 2.73. The minimum atomic E-state index is -0.238. The highest BCUT2D eigenvalue weighted by Crippen LogP contribution is 2.38. The Morgan fingerprint density at radius 1 is 1.56 bits per heavy atom. The molecule has 16 heavy (non-hydrogen) atoms. The second-order valence-corrected chi connectivity index (χ2v) is 4.62. The van der Waals surface area contributed by atoms with Gasteiger partial charge in [-0.1, -0.05) is 0 Å². The third-order valence-electron chi connectivity index (χ3n) is 2.79. The summed E-state index contributed by atoms with van der Waals surface area (Å²) in [7, 11) is 0. The molecular weight excluding hydrogens is 224 g/mol. The largest absolute Gasteiger partial charge is 0.370 e. The molecule has 1 saturated carbocycles. The zero-order valence-electron chi connectivity index (χ0n) is 9.11. The fourth-order valence-corrected chi connectivity index (χ4v) is 2.00. The molecule has 88 valence electrons. The Balaban J connectivity index is 1.90. The van der Waals surface area contributed by atoms with Crippen LogP contribution in [0.15, 0.2) is 0 Å². The van der Waals surface area contributed by atoms with Crippen molar-refractivity contribution in [3.05, 3.63) is 10.6 Å². The fraction of sp³-hybridized carbons (Fsp3) is 0.700. The number of hydrogen-bond acceptors (Lipinski definition) is 3. The van der Waals surface area contributed by atoms with E-state index in [1.165, 1.54) is 12.8 Å². The molecule has 1 amide bonds. The van der Waals surface area contributed by atoms with Gasteiger partial charge in [0.1, 0.15) is 5.82 Å². The van der Waals surface area contributed by atoms with Crippen molar-refractivity contribution in [3.63, 3.8) is 0 Å². The van der Waals surface area contributed by atoms with Crippen molar-refractivity contribution in [3.8, 4) is 0 Å². The number of unbranched alkanes of at least 4 members (excludes halogenated alkanes) is 1. The number of primary amides is 1. The maximum Gasteiger partial charge on any atom is 0.217 e. The zero-order chi connectivity index (χ0) is 11.5. The average molecular weight is 240 g/mol. The maximum absolute atomic E-state index is 10.6. The lowest BCUT2D eigenvalue weighted by molar-refractivity contribution is -0.118. The van der Waals surface area contributed by atoms with Crippen LogP contribution in [-0.4, -0.2) is 20.7 Å². The van der Waals surface area contributed by atoms with Crippen LogP contribution in [0, 0.1) is 4.77 Å². The van der Waals surface area contributed by atoms with Crippen molar-refractivity contribution in [1.29, 1.82) is 0 Å². The Labute approximate surface area is 99.0 Å². The van der Waals surface area contributed by atoms with E-state index in [4.69, 9.17) is 18.0 Å². The highest BCUT2D eigenvalue weighted by atomic mass is 32.1. The molecule has 0 spiro atoms. The summed E-state index contributed by atoms with van der Waals surface area (Å²) in [6.45, 7) is 0.828. The monoisotopic (exact) mass is 240 g/mol. The standard InChI is InChI=1S/C10H16N4OS/c11-8(15)3-1-2-6-14-9(7-4-5-7)12-13-10(14)16/h7H,1-6H2,(H2,11,15)(H,13,16). The van der Waals surface area contributed by atoms with E-state index < -0.39 is 0 Å². The molecule has 0 bridgehead atoms. The number of hydrogen-bond donors (Lipinski definition) is 2. The van der Waals surface area contributed by atoms with Crippen LogP contribution >= 0.6 is 12.2 Å². The molecule has 1 aliphatic carbocycles. The van der Waals surface area contributed by atoms with Gasteiger partial charge in [-0.2, -0.15) is 5.10 Å². The number of H-pyrrole nitrogens is 1. The van der Waals surface area contributed by atoms with Gasteiger partial charge < -0.3 is 10.3 Å². The van der Waals surface area contributed by atoms with Gasteiger partial charge >= 0.3 is 0 Å². The highest BCUT2D eigenvalue weighted by molar-refractivity contribution is 7.71. The summed E-state index contributed by atoms with van der Waals surface area (Å²) in [4.78, 5) is 10.6. The van der Waals surface area contributed by atoms with Crippen LogP contribution in [0.25, 0.3) is 0 Å². The molecule has 1 aliphatic rings. The van der Waals surface area contributed by atoms with E-state index in [1.54, 1.807) is 0 Å². The molecule has 5 nitrogen and oxygen atoms in total. The predicted molar refractivity (Wildman–Crippen MR) is 62.4 cm³/mol. The highest BCUT2D eigenvalue weighted by Gasteiger charge is 2.28. The molecule has 0 radical (unpaired) electrons. The normalized spacial score (nSPS) is 15.2. The molecule has 0 atom stereocenters. The van der Waals surface area contributed by atoms with Crippen molar-refractivity contribution in [2.24, 2.45) is 5.73 Å². The van der Waals surface area contributed by atoms with Gasteiger partial charge in [-0.05, 0) is 37.9 Å². The Bertz CT molecular complexity index is 432. The van der Waals surface area contributed by atoms with E-state index in [-0.39, 0.29) is 5.91 Å². The molecule has 1 fully saturated rings. The number of amides is 1. The van der Waals surface area contributed by atoms with Crippen molar-refractivity contribution in [1.82, 2.24) is 14.8 Å². The van der Waals surface area contributed by atoms with Gasteiger partial charge in [0.05, 0.1) is 0 Å². The number of aromatic nitrogens is 3. The lowest BCUT2D eigenvalue weighted by atomic mass is 10.2. The van der Waals surface area contributed by atoms with Crippen LogP contribution in [0.5, 0.6) is 0 Å². The van der Waals surface area contributed by atoms with E-state index >= 15 is 0 Å². The number of nitrogens with two attached hydrogens (primary N) is 1. The van der Waals surface area contributed by atoms with Crippen LogP contribution in [0.3, 0.4) is 0 Å². The first-order chi connectivity index (χ1) is 7.68.